The van der Waals surface area contributed by atoms with Crippen LogP contribution in [0.3, 0.4) is 0 Å². The van der Waals surface area contributed by atoms with Crippen molar-refractivity contribution in [1.82, 2.24) is 9.78 Å². The average molecular weight is 462 g/mol. The van der Waals surface area contributed by atoms with Crippen LogP contribution in [0.5, 0.6) is 0 Å². The first-order valence-electron chi connectivity index (χ1n) is 9.92. The lowest BCUT2D eigenvalue weighted by Crippen LogP contribution is -2.20. The molecule has 0 aliphatic heterocycles. The summed E-state index contributed by atoms with van der Waals surface area (Å²) in [5.41, 5.74) is 3.75. The maximum atomic E-state index is 12.7. The molecule has 32 heavy (non-hydrogen) atoms. The molecule has 0 unspecified atom stereocenters. The lowest BCUT2D eigenvalue weighted by Gasteiger charge is -2.11. The third-order valence-corrected chi connectivity index (χ3v) is 6.23. The summed E-state index contributed by atoms with van der Waals surface area (Å²) in [5, 5.41) is 8.73. The molecule has 4 aromatic rings. The number of rotatable bonds is 5. The van der Waals surface area contributed by atoms with E-state index in [4.69, 9.17) is 11.6 Å². The maximum Gasteiger partial charge on any atom is 0.271 e. The summed E-state index contributed by atoms with van der Waals surface area (Å²) in [5.74, 6) is -0.211. The van der Waals surface area contributed by atoms with Gasteiger partial charge in [0.1, 0.15) is 5.03 Å². The van der Waals surface area contributed by atoms with E-state index >= 15 is 0 Å². The molecule has 0 aliphatic rings. The van der Waals surface area contributed by atoms with E-state index in [2.05, 4.69) is 10.4 Å². The quantitative estimate of drug-likeness (QED) is 0.401. The molecule has 1 aromatic heterocycles. The lowest BCUT2D eigenvalue weighted by molar-refractivity contribution is 0.102. The normalized spacial score (nSPS) is 10.7. The van der Waals surface area contributed by atoms with E-state index in [9.17, 15) is 9.59 Å². The highest BCUT2D eigenvalue weighted by Gasteiger charge is 2.10. The van der Waals surface area contributed by atoms with E-state index in [1.54, 1.807) is 30.3 Å². The molecular weight excluding hydrogens is 442 g/mol. The number of aromatic nitrogens is 2. The minimum Gasteiger partial charge on any atom is -0.322 e. The third-order valence-electron chi connectivity index (χ3n) is 5.04. The Balaban J connectivity index is 1.54. The molecule has 3 aromatic carbocycles. The van der Waals surface area contributed by atoms with E-state index in [0.29, 0.717) is 21.3 Å². The third kappa shape index (κ3) is 4.93. The Morgan fingerprint density at radius 1 is 0.938 bits per heavy atom. The molecule has 0 fully saturated rings. The van der Waals surface area contributed by atoms with Gasteiger partial charge in [0.15, 0.2) is 0 Å². The molecule has 160 valence electrons. The fourth-order valence-corrected chi connectivity index (χ4v) is 3.99. The number of halogens is 1. The first-order valence-corrected chi connectivity index (χ1v) is 11.1. The number of aryl methyl sites for hydroxylation is 1. The Kier molecular flexibility index (Phi) is 6.44. The molecule has 7 heteroatoms. The molecule has 1 amide bonds. The van der Waals surface area contributed by atoms with Crippen molar-refractivity contribution in [2.24, 2.45) is 0 Å². The predicted molar refractivity (Wildman–Crippen MR) is 129 cm³/mol. The molecule has 1 heterocycles. The number of nitrogens with zero attached hydrogens (tertiary/aromatic N) is 2. The van der Waals surface area contributed by atoms with Crippen LogP contribution in [0.1, 0.15) is 21.5 Å². The van der Waals surface area contributed by atoms with Gasteiger partial charge in [-0.05, 0) is 85.6 Å². The van der Waals surface area contributed by atoms with Gasteiger partial charge in [-0.15, -0.1) is 0 Å². The smallest absolute Gasteiger partial charge is 0.271 e. The van der Waals surface area contributed by atoms with Crippen LogP contribution in [0.4, 0.5) is 5.69 Å². The van der Waals surface area contributed by atoms with Crippen LogP contribution >= 0.6 is 23.4 Å². The zero-order valence-electron chi connectivity index (χ0n) is 17.5. The van der Waals surface area contributed by atoms with E-state index in [0.717, 1.165) is 21.7 Å². The second-order valence-corrected chi connectivity index (χ2v) is 8.76. The summed E-state index contributed by atoms with van der Waals surface area (Å²) in [7, 11) is 0. The van der Waals surface area contributed by atoms with Crippen LogP contribution in [0.2, 0.25) is 5.02 Å². The number of carbonyl (C=O) groups is 1. The monoisotopic (exact) mass is 461 g/mol. The highest BCUT2D eigenvalue weighted by atomic mass is 35.5. The van der Waals surface area contributed by atoms with Gasteiger partial charge in [0.05, 0.1) is 5.69 Å². The molecule has 1 N–H and O–H groups in total. The number of nitrogens with one attached hydrogen (secondary N) is 1. The lowest BCUT2D eigenvalue weighted by atomic mass is 10.1. The summed E-state index contributed by atoms with van der Waals surface area (Å²) in [6.45, 7) is 3.98. The fraction of sp³-hybridized carbons (Fsp3) is 0.0800. The first kappa shape index (κ1) is 21.9. The van der Waals surface area contributed by atoms with Gasteiger partial charge < -0.3 is 5.32 Å². The van der Waals surface area contributed by atoms with Crippen molar-refractivity contribution >= 4 is 35.0 Å². The fourth-order valence-electron chi connectivity index (χ4n) is 3.09. The van der Waals surface area contributed by atoms with Crippen molar-refractivity contribution < 1.29 is 4.79 Å². The van der Waals surface area contributed by atoms with Gasteiger partial charge in [-0.3, -0.25) is 9.59 Å². The van der Waals surface area contributed by atoms with E-state index in [1.807, 2.05) is 56.3 Å². The molecule has 0 atom stereocenters. The standard InChI is InChI=1S/C25H20ClN3O2S/c1-16-4-3-5-22(17(16)2)27-25(31)18-6-10-20(11-7-18)29-24(30)15-14-23(28-29)32-21-12-8-19(26)9-13-21/h3-15H,1-2H3,(H,27,31). The minimum absolute atomic E-state index is 0.211. The van der Waals surface area contributed by atoms with Gasteiger partial charge in [-0.2, -0.15) is 9.78 Å². The Bertz CT molecular complexity index is 1330. The molecule has 0 bridgehead atoms. The van der Waals surface area contributed by atoms with Gasteiger partial charge in [-0.1, -0.05) is 35.5 Å². The SMILES string of the molecule is Cc1cccc(NC(=O)c2ccc(-n3nc(Sc4ccc(Cl)cc4)ccc3=O)cc2)c1C. The largest absolute Gasteiger partial charge is 0.322 e. The highest BCUT2D eigenvalue weighted by molar-refractivity contribution is 7.99. The molecule has 0 radical (unpaired) electrons. The molecule has 4 rings (SSSR count). The Morgan fingerprint density at radius 2 is 1.66 bits per heavy atom. The van der Waals surface area contributed by atoms with Gasteiger partial charge in [0.2, 0.25) is 0 Å². The molecule has 0 spiro atoms. The van der Waals surface area contributed by atoms with Gasteiger partial charge >= 0.3 is 0 Å². The number of amides is 1. The summed E-state index contributed by atoms with van der Waals surface area (Å²) in [6, 6.07) is 23.2. The molecule has 5 nitrogen and oxygen atoms in total. The minimum atomic E-state index is -0.252. The molecule has 0 aliphatic carbocycles. The van der Waals surface area contributed by atoms with Gasteiger partial charge in [0, 0.05) is 27.2 Å². The zero-order valence-corrected chi connectivity index (χ0v) is 19.1. The van der Waals surface area contributed by atoms with Crippen LogP contribution in [-0.2, 0) is 0 Å². The van der Waals surface area contributed by atoms with Crippen LogP contribution in [0, 0.1) is 13.8 Å². The van der Waals surface area contributed by atoms with Crippen molar-refractivity contribution in [3.8, 4) is 5.69 Å². The number of benzene rings is 3. The van der Waals surface area contributed by atoms with Crippen molar-refractivity contribution in [3.63, 3.8) is 0 Å². The molecular formula is C25H20ClN3O2S. The Morgan fingerprint density at radius 3 is 2.38 bits per heavy atom. The van der Waals surface area contributed by atoms with Crippen LogP contribution in [-0.4, -0.2) is 15.7 Å². The van der Waals surface area contributed by atoms with Crippen molar-refractivity contribution in [3.05, 3.63) is 111 Å². The van der Waals surface area contributed by atoms with Gasteiger partial charge in [-0.25, -0.2) is 0 Å². The number of hydrogen-bond donors (Lipinski definition) is 1. The number of carbonyl (C=O) groups excluding carboxylic acids is 1. The average Bonchev–Trinajstić information content (AvgIpc) is 2.80. The van der Waals surface area contributed by atoms with Crippen molar-refractivity contribution in [2.75, 3.05) is 5.32 Å². The number of hydrogen-bond acceptors (Lipinski definition) is 4. The number of anilines is 1. The van der Waals surface area contributed by atoms with Crippen molar-refractivity contribution in [2.45, 2.75) is 23.8 Å². The van der Waals surface area contributed by atoms with Crippen LogP contribution in [0.25, 0.3) is 5.69 Å². The topological polar surface area (TPSA) is 64.0 Å². The van der Waals surface area contributed by atoms with E-state index < -0.39 is 0 Å². The second-order valence-electron chi connectivity index (χ2n) is 7.23. The zero-order chi connectivity index (χ0) is 22.7. The van der Waals surface area contributed by atoms with Crippen LogP contribution in [0.15, 0.2) is 93.6 Å². The van der Waals surface area contributed by atoms with Crippen LogP contribution < -0.4 is 10.9 Å². The molecule has 0 saturated carbocycles. The summed E-state index contributed by atoms with van der Waals surface area (Å²) < 4.78 is 1.32. The summed E-state index contributed by atoms with van der Waals surface area (Å²) in [6.07, 6.45) is 0. The second kappa shape index (κ2) is 9.42. The predicted octanol–water partition coefficient (Wildman–Crippen LogP) is 5.91. The van der Waals surface area contributed by atoms with E-state index in [1.165, 1.54) is 22.5 Å². The van der Waals surface area contributed by atoms with Gasteiger partial charge in [0.25, 0.3) is 11.5 Å². The summed E-state index contributed by atoms with van der Waals surface area (Å²) >= 11 is 7.37. The highest BCUT2D eigenvalue weighted by Crippen LogP contribution is 2.26. The van der Waals surface area contributed by atoms with E-state index in [-0.39, 0.29) is 11.5 Å². The summed E-state index contributed by atoms with van der Waals surface area (Å²) in [4.78, 5) is 26.0. The Hall–Kier alpha value is -3.35. The maximum absolute atomic E-state index is 12.7. The Labute approximate surface area is 195 Å². The van der Waals surface area contributed by atoms with Crippen molar-refractivity contribution in [1.29, 1.82) is 0 Å². The molecule has 0 saturated heterocycles. The first-order chi connectivity index (χ1) is 15.4.